The second kappa shape index (κ2) is 5.28. The maximum absolute atomic E-state index is 6.45. The summed E-state index contributed by atoms with van der Waals surface area (Å²) in [6.45, 7) is 3.04. The molecule has 2 N–H and O–H groups in total. The highest BCUT2D eigenvalue weighted by Gasteiger charge is 2.23. The zero-order valence-electron chi connectivity index (χ0n) is 12.7. The van der Waals surface area contributed by atoms with Crippen LogP contribution < -0.4 is 5.32 Å². The molecule has 1 aromatic carbocycles. The van der Waals surface area contributed by atoms with Gasteiger partial charge in [0.2, 0.25) is 0 Å². The lowest BCUT2D eigenvalue weighted by Crippen LogP contribution is -2.12. The molecule has 7 heteroatoms. The second-order valence-electron chi connectivity index (χ2n) is 5.78. The van der Waals surface area contributed by atoms with E-state index in [0.717, 1.165) is 40.0 Å². The summed E-state index contributed by atoms with van der Waals surface area (Å²) in [4.78, 5) is 5.01. The molecule has 4 rings (SSSR count). The SMILES string of the molecule is CC1CNC=Cc2c1[nH]c1c(Cl)c(Cl)cc(-c3cnn(C)n3)c21. The summed E-state index contributed by atoms with van der Waals surface area (Å²) in [5, 5.41) is 14.0. The van der Waals surface area contributed by atoms with E-state index in [1.807, 2.05) is 12.3 Å². The van der Waals surface area contributed by atoms with E-state index in [2.05, 4.69) is 33.5 Å². The summed E-state index contributed by atoms with van der Waals surface area (Å²) in [5.41, 5.74) is 4.82. The molecule has 0 radical (unpaired) electrons. The lowest BCUT2D eigenvalue weighted by Gasteiger charge is -2.07. The Bertz CT molecular complexity index is 938. The number of nitrogens with zero attached hydrogens (tertiary/aromatic N) is 3. The number of fused-ring (bicyclic) bond motifs is 3. The van der Waals surface area contributed by atoms with Crippen LogP contribution in [0, 0.1) is 0 Å². The molecule has 0 amide bonds. The summed E-state index contributed by atoms with van der Waals surface area (Å²) in [6.07, 6.45) is 5.78. The largest absolute Gasteiger partial charge is 0.390 e. The molecule has 1 aliphatic rings. The molecule has 0 spiro atoms. The first-order valence-electron chi connectivity index (χ1n) is 7.36. The summed E-state index contributed by atoms with van der Waals surface area (Å²) in [5.74, 6) is 0.331. The minimum atomic E-state index is 0.331. The van der Waals surface area contributed by atoms with Crippen molar-refractivity contribution in [3.8, 4) is 11.3 Å². The highest BCUT2D eigenvalue weighted by Crippen LogP contribution is 2.42. The van der Waals surface area contributed by atoms with Gasteiger partial charge in [0.05, 0.1) is 21.8 Å². The van der Waals surface area contributed by atoms with Crippen LogP contribution in [0.25, 0.3) is 28.2 Å². The first-order chi connectivity index (χ1) is 11.1. The van der Waals surface area contributed by atoms with Gasteiger partial charge in [0.25, 0.3) is 0 Å². The molecule has 5 nitrogen and oxygen atoms in total. The number of aryl methyl sites for hydroxylation is 1. The van der Waals surface area contributed by atoms with Gasteiger partial charge < -0.3 is 10.3 Å². The zero-order valence-corrected chi connectivity index (χ0v) is 14.2. The number of H-pyrrole nitrogens is 1. The first kappa shape index (κ1) is 14.6. The summed E-state index contributed by atoms with van der Waals surface area (Å²) in [7, 11) is 1.79. The first-order valence-corrected chi connectivity index (χ1v) is 8.12. The maximum Gasteiger partial charge on any atom is 0.113 e. The molecule has 1 aliphatic heterocycles. The monoisotopic (exact) mass is 347 g/mol. The summed E-state index contributed by atoms with van der Waals surface area (Å²) >= 11 is 12.8. The molecule has 2 aromatic heterocycles. The van der Waals surface area contributed by atoms with E-state index in [-0.39, 0.29) is 0 Å². The van der Waals surface area contributed by atoms with Crippen molar-refractivity contribution in [3.05, 3.63) is 39.8 Å². The normalized spacial score (nSPS) is 17.1. The minimum Gasteiger partial charge on any atom is -0.390 e. The highest BCUT2D eigenvalue weighted by molar-refractivity contribution is 6.45. The van der Waals surface area contributed by atoms with Gasteiger partial charge in [-0.15, -0.1) is 0 Å². The number of rotatable bonds is 1. The maximum atomic E-state index is 6.45. The third-order valence-corrected chi connectivity index (χ3v) is 4.99. The molecule has 0 fully saturated rings. The van der Waals surface area contributed by atoms with E-state index in [4.69, 9.17) is 23.2 Å². The predicted octanol–water partition coefficient (Wildman–Crippen LogP) is 3.95. The van der Waals surface area contributed by atoms with E-state index >= 15 is 0 Å². The van der Waals surface area contributed by atoms with Gasteiger partial charge in [0, 0.05) is 41.7 Å². The Labute approximate surface area is 143 Å². The number of aromatic amines is 1. The van der Waals surface area contributed by atoms with Crippen molar-refractivity contribution < 1.29 is 0 Å². The molecular weight excluding hydrogens is 333 g/mol. The van der Waals surface area contributed by atoms with Crippen molar-refractivity contribution in [1.82, 2.24) is 25.3 Å². The third-order valence-electron chi connectivity index (χ3n) is 4.20. The molecule has 1 unspecified atom stereocenters. The number of hydrogen-bond donors (Lipinski definition) is 2. The Hall–Kier alpha value is -1.98. The average Bonchev–Trinajstić information content (AvgIpc) is 3.07. The Morgan fingerprint density at radius 1 is 1.35 bits per heavy atom. The fraction of sp³-hybridized carbons (Fsp3) is 0.250. The second-order valence-corrected chi connectivity index (χ2v) is 6.57. The number of halogens is 2. The number of hydrogen-bond acceptors (Lipinski definition) is 3. The molecule has 0 saturated carbocycles. The van der Waals surface area contributed by atoms with Crippen molar-refractivity contribution in [1.29, 1.82) is 0 Å². The Kier molecular flexibility index (Phi) is 3.36. The fourth-order valence-electron chi connectivity index (χ4n) is 3.08. The molecule has 0 aliphatic carbocycles. The van der Waals surface area contributed by atoms with Gasteiger partial charge >= 0.3 is 0 Å². The third kappa shape index (κ3) is 2.23. The lowest BCUT2D eigenvalue weighted by molar-refractivity contribution is 0.655. The van der Waals surface area contributed by atoms with Crippen LogP contribution in [0.4, 0.5) is 0 Å². The summed E-state index contributed by atoms with van der Waals surface area (Å²) < 4.78 is 0. The van der Waals surface area contributed by atoms with Crippen molar-refractivity contribution in [3.63, 3.8) is 0 Å². The van der Waals surface area contributed by atoms with Gasteiger partial charge in [-0.05, 0) is 18.3 Å². The Morgan fingerprint density at radius 3 is 2.91 bits per heavy atom. The van der Waals surface area contributed by atoms with Crippen LogP contribution in [0.5, 0.6) is 0 Å². The Morgan fingerprint density at radius 2 is 2.17 bits per heavy atom. The van der Waals surface area contributed by atoms with Crippen LogP contribution in [0.3, 0.4) is 0 Å². The van der Waals surface area contributed by atoms with E-state index in [1.165, 1.54) is 4.80 Å². The molecule has 0 bridgehead atoms. The van der Waals surface area contributed by atoms with Crippen LogP contribution in [-0.4, -0.2) is 26.5 Å². The Balaban J connectivity index is 2.12. The van der Waals surface area contributed by atoms with Crippen LogP contribution in [0.1, 0.15) is 24.1 Å². The molecule has 0 saturated heterocycles. The predicted molar refractivity (Wildman–Crippen MR) is 93.8 cm³/mol. The molecule has 118 valence electrons. The smallest absolute Gasteiger partial charge is 0.113 e. The topological polar surface area (TPSA) is 58.5 Å². The van der Waals surface area contributed by atoms with E-state index in [9.17, 15) is 0 Å². The van der Waals surface area contributed by atoms with E-state index < -0.39 is 0 Å². The number of benzene rings is 1. The van der Waals surface area contributed by atoms with Crippen LogP contribution in [-0.2, 0) is 7.05 Å². The quantitative estimate of drug-likeness (QED) is 0.700. The van der Waals surface area contributed by atoms with Crippen LogP contribution in [0.15, 0.2) is 18.5 Å². The van der Waals surface area contributed by atoms with Crippen molar-refractivity contribution in [2.75, 3.05) is 6.54 Å². The van der Waals surface area contributed by atoms with Crippen LogP contribution >= 0.6 is 23.2 Å². The minimum absolute atomic E-state index is 0.331. The van der Waals surface area contributed by atoms with Gasteiger partial charge in [-0.1, -0.05) is 30.1 Å². The molecule has 3 aromatic rings. The fourth-order valence-corrected chi connectivity index (χ4v) is 3.48. The zero-order chi connectivity index (χ0) is 16.1. The molecular formula is C16H15Cl2N5. The highest BCUT2D eigenvalue weighted by atomic mass is 35.5. The van der Waals surface area contributed by atoms with E-state index in [0.29, 0.717) is 16.0 Å². The number of nitrogens with one attached hydrogen (secondary N) is 2. The average molecular weight is 348 g/mol. The van der Waals surface area contributed by atoms with Crippen LogP contribution in [0.2, 0.25) is 10.0 Å². The van der Waals surface area contributed by atoms with E-state index in [1.54, 1.807) is 13.2 Å². The molecule has 3 heterocycles. The molecule has 1 atom stereocenters. The number of aromatic nitrogens is 4. The van der Waals surface area contributed by atoms with Gasteiger partial charge in [0.15, 0.2) is 0 Å². The summed E-state index contributed by atoms with van der Waals surface area (Å²) in [6, 6.07) is 1.86. The van der Waals surface area contributed by atoms with Crippen molar-refractivity contribution >= 4 is 40.2 Å². The molecule has 23 heavy (non-hydrogen) atoms. The van der Waals surface area contributed by atoms with Crippen molar-refractivity contribution in [2.24, 2.45) is 7.05 Å². The lowest BCUT2D eigenvalue weighted by atomic mass is 9.99. The van der Waals surface area contributed by atoms with Gasteiger partial charge in [0.1, 0.15) is 5.69 Å². The van der Waals surface area contributed by atoms with Gasteiger partial charge in [-0.2, -0.15) is 15.0 Å². The van der Waals surface area contributed by atoms with Gasteiger partial charge in [-0.25, -0.2) is 0 Å². The van der Waals surface area contributed by atoms with Crippen molar-refractivity contribution in [2.45, 2.75) is 12.8 Å². The van der Waals surface area contributed by atoms with Gasteiger partial charge in [-0.3, -0.25) is 0 Å². The standard InChI is InChI=1S/C16H15Cl2N5/c1-8-6-19-4-3-9-13-10(12-7-20-23(2)22-12)5-11(17)14(18)16(13)21-15(8)9/h3-5,7-8,19,21H,6H2,1-2H3.